The van der Waals surface area contributed by atoms with Gasteiger partial charge in [0.25, 0.3) is 0 Å². The number of carboxylic acid groups (broad SMARTS) is 1. The normalized spacial score (nSPS) is 24.3. The molecule has 1 aliphatic heterocycles. The summed E-state index contributed by atoms with van der Waals surface area (Å²) in [5.74, 6) is -0.945. The maximum Gasteiger partial charge on any atom is 0.329 e. The molecule has 2 unspecified atom stereocenters. The lowest BCUT2D eigenvalue weighted by Gasteiger charge is -2.32. The molecule has 0 radical (unpaired) electrons. The molecule has 0 aliphatic carbocycles. The second-order valence-corrected chi connectivity index (χ2v) is 5.22. The van der Waals surface area contributed by atoms with Crippen molar-refractivity contribution in [1.82, 2.24) is 10.2 Å². The van der Waals surface area contributed by atoms with E-state index in [1.165, 1.54) is 4.90 Å². The van der Waals surface area contributed by atoms with Crippen LogP contribution in [0.4, 0.5) is 4.79 Å². The number of ether oxygens (including phenoxy) is 1. The first kappa shape index (κ1) is 15.8. The summed E-state index contributed by atoms with van der Waals surface area (Å²) in [6, 6.07) is -0.376. The van der Waals surface area contributed by atoms with Gasteiger partial charge in [0.05, 0.1) is 12.6 Å². The predicted octanol–water partition coefficient (Wildman–Crippen LogP) is 1.45. The molecule has 0 aromatic carbocycles. The molecular formula is C13H24N2O4. The van der Waals surface area contributed by atoms with Crippen LogP contribution >= 0.6 is 0 Å². The van der Waals surface area contributed by atoms with Gasteiger partial charge in [-0.15, -0.1) is 0 Å². The standard InChI is InChI=1S/C13H24N2O4/c1-4-6-10(9-19-3)14-12(18)15-8-5-7-13(15,2)11(16)17/h10H,4-9H2,1-3H3,(H,14,18)(H,16,17). The summed E-state index contributed by atoms with van der Waals surface area (Å²) in [7, 11) is 1.59. The fourth-order valence-electron chi connectivity index (χ4n) is 2.51. The highest BCUT2D eigenvalue weighted by atomic mass is 16.5. The average molecular weight is 272 g/mol. The van der Waals surface area contributed by atoms with Crippen molar-refractivity contribution >= 4 is 12.0 Å². The number of carboxylic acids is 1. The summed E-state index contributed by atoms with van der Waals surface area (Å²) in [6.07, 6.45) is 2.97. The van der Waals surface area contributed by atoms with Crippen LogP contribution in [0.1, 0.15) is 39.5 Å². The molecule has 6 nitrogen and oxygen atoms in total. The Hall–Kier alpha value is -1.30. The number of nitrogens with one attached hydrogen (secondary N) is 1. The molecule has 6 heteroatoms. The summed E-state index contributed by atoms with van der Waals surface area (Å²) in [6.45, 7) is 4.57. The van der Waals surface area contributed by atoms with Crippen molar-refractivity contribution < 1.29 is 19.4 Å². The van der Waals surface area contributed by atoms with Crippen LogP contribution in [0.5, 0.6) is 0 Å². The molecule has 110 valence electrons. The fourth-order valence-corrected chi connectivity index (χ4v) is 2.51. The molecular weight excluding hydrogens is 248 g/mol. The highest BCUT2D eigenvalue weighted by Crippen LogP contribution is 2.29. The number of urea groups is 1. The number of amides is 2. The average Bonchev–Trinajstić information content (AvgIpc) is 2.73. The maximum absolute atomic E-state index is 12.2. The highest BCUT2D eigenvalue weighted by Gasteiger charge is 2.46. The molecule has 0 saturated carbocycles. The van der Waals surface area contributed by atoms with Gasteiger partial charge in [-0.1, -0.05) is 13.3 Å². The van der Waals surface area contributed by atoms with Crippen molar-refractivity contribution in [2.45, 2.75) is 51.1 Å². The van der Waals surface area contributed by atoms with Crippen LogP contribution in [0, 0.1) is 0 Å². The summed E-state index contributed by atoms with van der Waals surface area (Å²) < 4.78 is 5.07. The number of carbonyl (C=O) groups excluding carboxylic acids is 1. The van der Waals surface area contributed by atoms with Crippen molar-refractivity contribution in [3.63, 3.8) is 0 Å². The SMILES string of the molecule is CCCC(COC)NC(=O)N1CCCC1(C)C(=O)O. The van der Waals surface area contributed by atoms with Crippen LogP contribution in [0.3, 0.4) is 0 Å². The first-order valence-electron chi connectivity index (χ1n) is 6.76. The zero-order valence-electron chi connectivity index (χ0n) is 11.9. The second kappa shape index (κ2) is 6.75. The minimum absolute atomic E-state index is 0.0684. The monoisotopic (exact) mass is 272 g/mol. The van der Waals surface area contributed by atoms with Gasteiger partial charge in [0.2, 0.25) is 0 Å². The molecule has 2 amide bonds. The quantitative estimate of drug-likeness (QED) is 0.767. The third-order valence-corrected chi connectivity index (χ3v) is 3.68. The van der Waals surface area contributed by atoms with Crippen LogP contribution < -0.4 is 5.32 Å². The number of nitrogens with zero attached hydrogens (tertiary/aromatic N) is 1. The van der Waals surface area contributed by atoms with Gasteiger partial charge in [-0.25, -0.2) is 9.59 Å². The lowest BCUT2D eigenvalue weighted by molar-refractivity contribution is -0.147. The second-order valence-electron chi connectivity index (χ2n) is 5.22. The van der Waals surface area contributed by atoms with Gasteiger partial charge in [0, 0.05) is 13.7 Å². The van der Waals surface area contributed by atoms with E-state index >= 15 is 0 Å². The number of hydrogen-bond acceptors (Lipinski definition) is 3. The van der Waals surface area contributed by atoms with Gasteiger partial charge >= 0.3 is 12.0 Å². The van der Waals surface area contributed by atoms with E-state index in [-0.39, 0.29) is 12.1 Å². The minimum atomic E-state index is -1.09. The largest absolute Gasteiger partial charge is 0.480 e. The molecule has 19 heavy (non-hydrogen) atoms. The molecule has 1 rings (SSSR count). The van der Waals surface area contributed by atoms with Gasteiger partial charge in [-0.2, -0.15) is 0 Å². The summed E-state index contributed by atoms with van der Waals surface area (Å²) >= 11 is 0. The van der Waals surface area contributed by atoms with Gasteiger partial charge < -0.3 is 20.1 Å². The third-order valence-electron chi connectivity index (χ3n) is 3.68. The van der Waals surface area contributed by atoms with Gasteiger partial charge in [-0.3, -0.25) is 0 Å². The summed E-state index contributed by atoms with van der Waals surface area (Å²) in [5.41, 5.74) is -1.09. The van der Waals surface area contributed by atoms with E-state index in [4.69, 9.17) is 4.74 Å². The van der Waals surface area contributed by atoms with Crippen LogP contribution in [0.2, 0.25) is 0 Å². The molecule has 0 aromatic rings. The Morgan fingerprint density at radius 2 is 2.21 bits per heavy atom. The Morgan fingerprint density at radius 3 is 2.74 bits per heavy atom. The number of hydrogen-bond donors (Lipinski definition) is 2. The number of aliphatic carboxylic acids is 1. The lowest BCUT2D eigenvalue weighted by atomic mass is 10.00. The zero-order valence-corrected chi connectivity index (χ0v) is 11.9. The van der Waals surface area contributed by atoms with Crippen molar-refractivity contribution in [2.24, 2.45) is 0 Å². The molecule has 2 atom stereocenters. The van der Waals surface area contributed by atoms with E-state index in [1.807, 2.05) is 6.92 Å². The van der Waals surface area contributed by atoms with E-state index in [2.05, 4.69) is 5.32 Å². The lowest BCUT2D eigenvalue weighted by Crippen LogP contribution is -2.56. The number of rotatable bonds is 6. The van der Waals surface area contributed by atoms with Crippen molar-refractivity contribution in [2.75, 3.05) is 20.3 Å². The molecule has 0 bridgehead atoms. The van der Waals surface area contributed by atoms with E-state index in [9.17, 15) is 14.7 Å². The first-order chi connectivity index (χ1) is 8.95. The van der Waals surface area contributed by atoms with Crippen LogP contribution in [0.15, 0.2) is 0 Å². The van der Waals surface area contributed by atoms with E-state index in [1.54, 1.807) is 14.0 Å². The Balaban J connectivity index is 2.68. The minimum Gasteiger partial charge on any atom is -0.480 e. The van der Waals surface area contributed by atoms with E-state index in [0.29, 0.717) is 19.6 Å². The van der Waals surface area contributed by atoms with E-state index in [0.717, 1.165) is 19.3 Å². The van der Waals surface area contributed by atoms with Crippen LogP contribution in [-0.2, 0) is 9.53 Å². The van der Waals surface area contributed by atoms with Crippen molar-refractivity contribution in [3.05, 3.63) is 0 Å². The van der Waals surface area contributed by atoms with Crippen LogP contribution in [0.25, 0.3) is 0 Å². The van der Waals surface area contributed by atoms with Crippen LogP contribution in [-0.4, -0.2) is 53.8 Å². The zero-order chi connectivity index (χ0) is 14.5. The molecule has 1 fully saturated rings. The van der Waals surface area contributed by atoms with E-state index < -0.39 is 11.5 Å². The fraction of sp³-hybridized carbons (Fsp3) is 0.846. The number of likely N-dealkylation sites (tertiary alicyclic amines) is 1. The number of carbonyl (C=O) groups is 2. The Morgan fingerprint density at radius 1 is 1.53 bits per heavy atom. The molecule has 1 heterocycles. The molecule has 2 N–H and O–H groups in total. The topological polar surface area (TPSA) is 78.9 Å². The Labute approximate surface area is 114 Å². The molecule has 0 spiro atoms. The molecule has 1 aliphatic rings. The highest BCUT2D eigenvalue weighted by molar-refractivity contribution is 5.86. The summed E-state index contributed by atoms with van der Waals surface area (Å²) in [4.78, 5) is 25.0. The van der Waals surface area contributed by atoms with Gasteiger partial charge in [0.15, 0.2) is 0 Å². The smallest absolute Gasteiger partial charge is 0.329 e. The Kier molecular flexibility index (Phi) is 5.60. The van der Waals surface area contributed by atoms with Gasteiger partial charge in [0.1, 0.15) is 5.54 Å². The maximum atomic E-state index is 12.2. The number of methoxy groups -OCH3 is 1. The Bertz CT molecular complexity index is 329. The molecule has 0 aromatic heterocycles. The predicted molar refractivity (Wildman–Crippen MR) is 71.1 cm³/mol. The molecule has 1 saturated heterocycles. The van der Waals surface area contributed by atoms with Crippen molar-refractivity contribution in [1.29, 1.82) is 0 Å². The summed E-state index contributed by atoms with van der Waals surface area (Å²) in [5, 5.41) is 12.2. The van der Waals surface area contributed by atoms with Gasteiger partial charge in [-0.05, 0) is 26.2 Å². The first-order valence-corrected chi connectivity index (χ1v) is 6.76. The third kappa shape index (κ3) is 3.59. The van der Waals surface area contributed by atoms with Crippen molar-refractivity contribution in [3.8, 4) is 0 Å².